The lowest BCUT2D eigenvalue weighted by molar-refractivity contribution is -0.137. The number of carbonyl (C=O) groups is 2. The van der Waals surface area contributed by atoms with Gasteiger partial charge >= 0.3 is 0 Å². The molecule has 0 aromatic carbocycles. The maximum Gasteiger partial charge on any atom is 0.241 e. The summed E-state index contributed by atoms with van der Waals surface area (Å²) in [6, 6.07) is -0.598. The average molecular weight is 413 g/mol. The number of likely N-dealkylation sites (tertiary alicyclic amines) is 1. The first-order valence-corrected chi connectivity index (χ1v) is 8.94. The second-order valence-electron chi connectivity index (χ2n) is 7.41. The summed E-state index contributed by atoms with van der Waals surface area (Å²) >= 11 is 0. The number of nitrogens with zero attached hydrogens (tertiary/aromatic N) is 3. The van der Waals surface area contributed by atoms with Gasteiger partial charge in [-0.3, -0.25) is 14.5 Å². The van der Waals surface area contributed by atoms with E-state index in [-0.39, 0.29) is 43.2 Å². The minimum Gasteiger partial charge on any atom is -0.383 e. The van der Waals surface area contributed by atoms with Crippen molar-refractivity contribution in [1.29, 1.82) is 0 Å². The lowest BCUT2D eigenvalue weighted by Crippen LogP contribution is -2.56. The van der Waals surface area contributed by atoms with E-state index in [9.17, 15) is 9.59 Å². The first kappa shape index (κ1) is 25.4. The molecule has 3 unspecified atom stereocenters. The van der Waals surface area contributed by atoms with Crippen LogP contribution in [0.15, 0.2) is 0 Å². The zero-order valence-corrected chi connectivity index (χ0v) is 17.7. The summed E-state index contributed by atoms with van der Waals surface area (Å²) in [4.78, 5) is 30.6. The van der Waals surface area contributed by atoms with E-state index in [0.717, 1.165) is 26.2 Å². The van der Waals surface area contributed by atoms with E-state index in [0.29, 0.717) is 31.5 Å². The molecule has 2 saturated heterocycles. The molecule has 2 N–H and O–H groups in total. The Morgan fingerprint density at radius 2 is 1.58 bits per heavy atom. The first-order valence-electron chi connectivity index (χ1n) is 8.94. The van der Waals surface area contributed by atoms with E-state index in [1.54, 1.807) is 12.0 Å². The van der Waals surface area contributed by atoms with Crippen LogP contribution in [0.4, 0.5) is 0 Å². The highest BCUT2D eigenvalue weighted by atomic mass is 35.5. The van der Waals surface area contributed by atoms with Gasteiger partial charge in [0.15, 0.2) is 0 Å². The van der Waals surface area contributed by atoms with Gasteiger partial charge < -0.3 is 20.3 Å². The molecule has 2 amide bonds. The van der Waals surface area contributed by atoms with Gasteiger partial charge in [-0.05, 0) is 18.3 Å². The number of amides is 2. The van der Waals surface area contributed by atoms with Gasteiger partial charge in [0.2, 0.25) is 11.8 Å². The van der Waals surface area contributed by atoms with E-state index in [4.69, 9.17) is 10.5 Å². The number of piperazine rings is 1. The first-order chi connectivity index (χ1) is 11.4. The van der Waals surface area contributed by atoms with Crippen LogP contribution in [0.1, 0.15) is 20.3 Å². The molecular weight excluding hydrogens is 379 g/mol. The van der Waals surface area contributed by atoms with Crippen molar-refractivity contribution in [3.05, 3.63) is 0 Å². The fourth-order valence-corrected chi connectivity index (χ4v) is 3.77. The van der Waals surface area contributed by atoms with Gasteiger partial charge in [0.1, 0.15) is 6.04 Å². The van der Waals surface area contributed by atoms with E-state index in [2.05, 4.69) is 18.7 Å². The maximum absolute atomic E-state index is 12.5. The molecule has 7 nitrogen and oxygen atoms in total. The number of nitrogens with two attached hydrogens (primary N) is 1. The molecule has 9 heteroatoms. The van der Waals surface area contributed by atoms with Crippen LogP contribution < -0.4 is 5.73 Å². The summed E-state index contributed by atoms with van der Waals surface area (Å²) in [6.07, 6.45) is 1.20. The SMILES string of the molecule is COCC(N)C(=O)N1CCN(CC(=O)N2CC(C)CC(C)C2)CC1.Cl.Cl. The lowest BCUT2D eigenvalue weighted by Gasteiger charge is -2.38. The van der Waals surface area contributed by atoms with Gasteiger partial charge in [0.25, 0.3) is 0 Å². The van der Waals surface area contributed by atoms with Gasteiger partial charge in [0.05, 0.1) is 13.2 Å². The van der Waals surface area contributed by atoms with E-state index >= 15 is 0 Å². The van der Waals surface area contributed by atoms with Crippen LogP contribution in [0.5, 0.6) is 0 Å². The third-order valence-corrected chi connectivity index (χ3v) is 4.93. The zero-order valence-electron chi connectivity index (χ0n) is 16.1. The quantitative estimate of drug-likeness (QED) is 0.708. The minimum absolute atomic E-state index is 0. The highest BCUT2D eigenvalue weighted by Gasteiger charge is 2.29. The monoisotopic (exact) mass is 412 g/mol. The highest BCUT2D eigenvalue weighted by Crippen LogP contribution is 2.21. The number of carbonyl (C=O) groups excluding carboxylic acids is 2. The van der Waals surface area contributed by atoms with Crippen molar-refractivity contribution in [2.24, 2.45) is 17.6 Å². The van der Waals surface area contributed by atoms with E-state index in [1.807, 2.05) is 4.90 Å². The molecule has 0 bridgehead atoms. The van der Waals surface area contributed by atoms with Crippen molar-refractivity contribution in [2.75, 3.05) is 59.5 Å². The van der Waals surface area contributed by atoms with Crippen LogP contribution in [0.2, 0.25) is 0 Å². The predicted molar refractivity (Wildman–Crippen MR) is 107 cm³/mol. The average Bonchev–Trinajstić information content (AvgIpc) is 2.54. The van der Waals surface area contributed by atoms with Gasteiger partial charge in [-0.2, -0.15) is 0 Å². The van der Waals surface area contributed by atoms with Crippen molar-refractivity contribution in [3.8, 4) is 0 Å². The Morgan fingerprint density at radius 1 is 1.04 bits per heavy atom. The predicted octanol–water partition coefficient (Wildman–Crippen LogP) is 0.452. The summed E-state index contributed by atoms with van der Waals surface area (Å²) in [5.74, 6) is 1.30. The van der Waals surface area contributed by atoms with Gasteiger partial charge in [-0.25, -0.2) is 0 Å². The fourth-order valence-electron chi connectivity index (χ4n) is 3.77. The van der Waals surface area contributed by atoms with Crippen molar-refractivity contribution in [3.63, 3.8) is 0 Å². The Kier molecular flexibility index (Phi) is 11.7. The molecule has 0 aromatic rings. The summed E-state index contributed by atoms with van der Waals surface area (Å²) in [5.41, 5.74) is 5.81. The molecule has 26 heavy (non-hydrogen) atoms. The van der Waals surface area contributed by atoms with E-state index in [1.165, 1.54) is 6.42 Å². The molecule has 3 atom stereocenters. The molecule has 0 aliphatic carbocycles. The normalized spacial score (nSPS) is 25.1. The third-order valence-electron chi connectivity index (χ3n) is 4.93. The van der Waals surface area contributed by atoms with Crippen molar-refractivity contribution in [2.45, 2.75) is 26.3 Å². The smallest absolute Gasteiger partial charge is 0.241 e. The number of methoxy groups -OCH3 is 1. The molecule has 2 rings (SSSR count). The van der Waals surface area contributed by atoms with Gasteiger partial charge in [0, 0.05) is 46.4 Å². The summed E-state index contributed by atoms with van der Waals surface area (Å²) in [7, 11) is 1.54. The zero-order chi connectivity index (χ0) is 17.7. The molecule has 2 aliphatic rings. The van der Waals surface area contributed by atoms with Crippen molar-refractivity contribution in [1.82, 2.24) is 14.7 Å². The van der Waals surface area contributed by atoms with Crippen LogP contribution in [0, 0.1) is 11.8 Å². The van der Waals surface area contributed by atoms with Crippen molar-refractivity contribution >= 4 is 36.6 Å². The van der Waals surface area contributed by atoms with Crippen LogP contribution in [-0.2, 0) is 14.3 Å². The van der Waals surface area contributed by atoms with Gasteiger partial charge in [-0.15, -0.1) is 24.8 Å². The fraction of sp³-hybridized carbons (Fsp3) is 0.882. The number of halogens is 2. The Balaban J connectivity index is 0.00000312. The Labute approximate surface area is 169 Å². The molecule has 0 aromatic heterocycles. The molecule has 0 saturated carbocycles. The maximum atomic E-state index is 12.5. The lowest BCUT2D eigenvalue weighted by atomic mass is 9.92. The van der Waals surface area contributed by atoms with Crippen LogP contribution in [0.25, 0.3) is 0 Å². The Morgan fingerprint density at radius 3 is 2.08 bits per heavy atom. The Hall–Kier alpha value is -0.600. The minimum atomic E-state index is -0.598. The third kappa shape index (κ3) is 7.19. The number of ether oxygens (including phenoxy) is 1. The van der Waals surface area contributed by atoms with E-state index < -0.39 is 6.04 Å². The second kappa shape index (κ2) is 12.0. The number of rotatable bonds is 5. The van der Waals surface area contributed by atoms with Crippen molar-refractivity contribution < 1.29 is 14.3 Å². The van der Waals surface area contributed by atoms with Crippen LogP contribution in [0.3, 0.4) is 0 Å². The number of piperidine rings is 1. The Bertz CT molecular complexity index is 438. The highest BCUT2D eigenvalue weighted by molar-refractivity contribution is 5.85. The molecule has 2 heterocycles. The van der Waals surface area contributed by atoms with Crippen LogP contribution >= 0.6 is 24.8 Å². The second-order valence-corrected chi connectivity index (χ2v) is 7.41. The van der Waals surface area contributed by atoms with Crippen LogP contribution in [-0.4, -0.2) is 92.1 Å². The molecule has 2 fully saturated rings. The number of hydrogen-bond acceptors (Lipinski definition) is 5. The number of hydrogen-bond donors (Lipinski definition) is 1. The largest absolute Gasteiger partial charge is 0.383 e. The summed E-state index contributed by atoms with van der Waals surface area (Å²) < 4.78 is 4.94. The summed E-state index contributed by atoms with van der Waals surface area (Å²) in [6.45, 7) is 9.53. The molecule has 0 radical (unpaired) electrons. The molecule has 0 spiro atoms. The summed E-state index contributed by atoms with van der Waals surface area (Å²) in [5, 5.41) is 0. The molecule has 2 aliphatic heterocycles. The molecular formula is C17H34Cl2N4O3. The van der Waals surface area contributed by atoms with Gasteiger partial charge in [-0.1, -0.05) is 13.8 Å². The molecule has 154 valence electrons. The topological polar surface area (TPSA) is 79.1 Å². The standard InChI is InChI=1S/C17H32N4O3.2ClH/c1-13-8-14(2)10-21(9-13)16(22)11-19-4-6-20(7-5-19)17(23)15(18)12-24-3;;/h13-15H,4-12,18H2,1-3H3;2*1H.